The van der Waals surface area contributed by atoms with Gasteiger partial charge in [-0.1, -0.05) is 0 Å². The van der Waals surface area contributed by atoms with Gasteiger partial charge in [0.15, 0.2) is 6.29 Å². The number of carboxylic acids is 1. The van der Waals surface area contributed by atoms with Crippen LogP contribution in [0.2, 0.25) is 0 Å². The number of aliphatic hydroxyl groups excluding tert-OH is 4. The van der Waals surface area contributed by atoms with Crippen LogP contribution in [0.4, 0.5) is 0 Å². The normalized spacial score (nSPS) is 14.9. The Kier molecular flexibility index (Phi) is 13.2. The number of aliphatic carboxylic acids is 1. The summed E-state index contributed by atoms with van der Waals surface area (Å²) in [5, 5.41) is 44.7. The highest BCUT2D eigenvalue weighted by atomic mass is 16.4. The molecule has 3 atom stereocenters. The number of hydrogen-bond acceptors (Lipinski definition) is 8. The van der Waals surface area contributed by atoms with Crippen LogP contribution in [0.15, 0.2) is 0 Å². The van der Waals surface area contributed by atoms with Crippen molar-refractivity contribution in [3.05, 3.63) is 0 Å². The molecule has 0 spiro atoms. The molecular weight excluding hydrogens is 248 g/mol. The zero-order valence-corrected chi connectivity index (χ0v) is 9.77. The summed E-state index contributed by atoms with van der Waals surface area (Å²) in [5.41, 5.74) is 5.06. The summed E-state index contributed by atoms with van der Waals surface area (Å²) in [6.45, 7) is 0.350. The lowest BCUT2D eigenvalue weighted by atomic mass is 10.1. The molecule has 0 aliphatic heterocycles. The Labute approximate surface area is 104 Å². The standard InChI is InChI=1S/C5H10O5.C4H10N2O2/c6-1-3(8)5(10)4(9)2-7;5-1-2-6-3-4(7)8/h1,3-5,7-10H,2H2;6H,1-3,5H2,(H,7,8). The Hall–Kier alpha value is -1.10. The molecule has 0 heterocycles. The number of hydrogen-bond donors (Lipinski definition) is 7. The second kappa shape index (κ2) is 12.4. The molecule has 108 valence electrons. The van der Waals surface area contributed by atoms with Gasteiger partial charge in [0.2, 0.25) is 0 Å². The molecule has 0 aromatic carbocycles. The van der Waals surface area contributed by atoms with Crippen LogP contribution >= 0.6 is 0 Å². The maximum atomic E-state index is 9.77. The predicted molar refractivity (Wildman–Crippen MR) is 60.7 cm³/mol. The van der Waals surface area contributed by atoms with Crippen LogP contribution in [-0.4, -0.2) is 82.3 Å². The highest BCUT2D eigenvalue weighted by molar-refractivity contribution is 5.68. The molecule has 0 radical (unpaired) electrons. The Balaban J connectivity index is 0. The van der Waals surface area contributed by atoms with E-state index >= 15 is 0 Å². The summed E-state index contributed by atoms with van der Waals surface area (Å²) in [7, 11) is 0. The minimum Gasteiger partial charge on any atom is -0.480 e. The van der Waals surface area contributed by atoms with Crippen molar-refractivity contribution in [3.63, 3.8) is 0 Å². The van der Waals surface area contributed by atoms with Gasteiger partial charge in [-0.25, -0.2) is 0 Å². The average molecular weight is 268 g/mol. The van der Waals surface area contributed by atoms with Crippen molar-refractivity contribution >= 4 is 12.3 Å². The van der Waals surface area contributed by atoms with Crippen molar-refractivity contribution in [2.24, 2.45) is 5.73 Å². The molecule has 9 heteroatoms. The summed E-state index contributed by atoms with van der Waals surface area (Å²) in [4.78, 5) is 19.5. The summed E-state index contributed by atoms with van der Waals surface area (Å²) in [6.07, 6.45) is -4.63. The maximum absolute atomic E-state index is 9.77. The first-order chi connectivity index (χ1) is 8.40. The molecule has 9 nitrogen and oxygen atoms in total. The molecule has 0 aliphatic carbocycles. The van der Waals surface area contributed by atoms with E-state index in [9.17, 15) is 9.59 Å². The Morgan fingerprint density at radius 3 is 2.22 bits per heavy atom. The fourth-order valence-electron chi connectivity index (χ4n) is 0.713. The number of carbonyl (C=O) groups is 2. The molecule has 0 bridgehead atoms. The first kappa shape index (κ1) is 19.2. The molecular formula is C9H20N2O7. The van der Waals surface area contributed by atoms with Crippen LogP contribution in [0.1, 0.15) is 0 Å². The quantitative estimate of drug-likeness (QED) is 0.170. The van der Waals surface area contributed by atoms with Gasteiger partial charge in [0.05, 0.1) is 13.2 Å². The van der Waals surface area contributed by atoms with Crippen molar-refractivity contribution in [3.8, 4) is 0 Å². The molecule has 8 N–H and O–H groups in total. The third kappa shape index (κ3) is 11.4. The molecule has 0 aromatic heterocycles. The number of carbonyl (C=O) groups excluding carboxylic acids is 1. The van der Waals surface area contributed by atoms with Crippen LogP contribution in [0.5, 0.6) is 0 Å². The van der Waals surface area contributed by atoms with Crippen molar-refractivity contribution in [1.29, 1.82) is 0 Å². The van der Waals surface area contributed by atoms with E-state index < -0.39 is 30.9 Å². The third-order valence-corrected chi connectivity index (χ3v) is 1.67. The Morgan fingerprint density at radius 1 is 1.33 bits per heavy atom. The second-order valence-electron chi connectivity index (χ2n) is 3.23. The van der Waals surface area contributed by atoms with Gasteiger partial charge in [0.1, 0.15) is 18.3 Å². The lowest BCUT2D eigenvalue weighted by Crippen LogP contribution is -2.40. The smallest absolute Gasteiger partial charge is 0.317 e. The first-order valence-electron chi connectivity index (χ1n) is 5.13. The zero-order valence-electron chi connectivity index (χ0n) is 9.77. The van der Waals surface area contributed by atoms with E-state index in [2.05, 4.69) is 5.32 Å². The van der Waals surface area contributed by atoms with Gasteiger partial charge in [-0.2, -0.15) is 0 Å². The van der Waals surface area contributed by atoms with Crippen LogP contribution in [0, 0.1) is 0 Å². The van der Waals surface area contributed by atoms with Crippen LogP contribution < -0.4 is 11.1 Å². The minimum atomic E-state index is -1.64. The molecule has 0 aliphatic rings. The number of aliphatic hydroxyl groups is 4. The number of nitrogens with one attached hydrogen (secondary N) is 1. The molecule has 0 saturated carbocycles. The minimum absolute atomic E-state index is 0.00278. The Bertz CT molecular complexity index is 227. The fourth-order valence-corrected chi connectivity index (χ4v) is 0.713. The average Bonchev–Trinajstić information content (AvgIpc) is 2.36. The molecule has 0 saturated heterocycles. The van der Waals surface area contributed by atoms with E-state index in [1.807, 2.05) is 0 Å². The van der Waals surface area contributed by atoms with Gasteiger partial charge in [0.25, 0.3) is 0 Å². The Morgan fingerprint density at radius 2 is 1.89 bits per heavy atom. The molecule has 0 amide bonds. The fraction of sp³-hybridized carbons (Fsp3) is 0.778. The van der Waals surface area contributed by atoms with Gasteiger partial charge in [-0.15, -0.1) is 0 Å². The van der Waals surface area contributed by atoms with Crippen molar-refractivity contribution in [2.45, 2.75) is 18.3 Å². The van der Waals surface area contributed by atoms with E-state index in [1.54, 1.807) is 0 Å². The highest BCUT2D eigenvalue weighted by Gasteiger charge is 2.22. The number of aldehydes is 1. The lowest BCUT2D eigenvalue weighted by Gasteiger charge is -2.16. The monoisotopic (exact) mass is 268 g/mol. The molecule has 0 aromatic rings. The van der Waals surface area contributed by atoms with Crippen LogP contribution in [0.3, 0.4) is 0 Å². The van der Waals surface area contributed by atoms with E-state index in [1.165, 1.54) is 0 Å². The highest BCUT2D eigenvalue weighted by Crippen LogP contribution is 1.96. The van der Waals surface area contributed by atoms with E-state index in [4.69, 9.17) is 31.3 Å². The van der Waals surface area contributed by atoms with Crippen LogP contribution in [0.25, 0.3) is 0 Å². The maximum Gasteiger partial charge on any atom is 0.317 e. The number of carboxylic acid groups (broad SMARTS) is 1. The second-order valence-corrected chi connectivity index (χ2v) is 3.23. The topological polar surface area (TPSA) is 173 Å². The molecule has 0 rings (SSSR count). The van der Waals surface area contributed by atoms with E-state index in [0.29, 0.717) is 13.1 Å². The van der Waals surface area contributed by atoms with Gasteiger partial charge in [-0.3, -0.25) is 4.79 Å². The third-order valence-electron chi connectivity index (χ3n) is 1.67. The molecule has 3 unspecified atom stereocenters. The number of nitrogens with two attached hydrogens (primary N) is 1. The van der Waals surface area contributed by atoms with Gasteiger partial charge in [-0.05, 0) is 0 Å². The first-order valence-corrected chi connectivity index (χ1v) is 5.13. The van der Waals surface area contributed by atoms with Crippen molar-refractivity contribution < 1.29 is 35.1 Å². The predicted octanol–water partition coefficient (Wildman–Crippen LogP) is -4.12. The zero-order chi connectivity index (χ0) is 14.6. The van der Waals surface area contributed by atoms with Gasteiger partial charge < -0.3 is 41.4 Å². The van der Waals surface area contributed by atoms with Gasteiger partial charge >= 0.3 is 5.97 Å². The summed E-state index contributed by atoms with van der Waals surface area (Å²) in [6, 6.07) is 0. The largest absolute Gasteiger partial charge is 0.480 e. The van der Waals surface area contributed by atoms with Crippen LogP contribution in [-0.2, 0) is 9.59 Å². The summed E-state index contributed by atoms with van der Waals surface area (Å²) < 4.78 is 0. The summed E-state index contributed by atoms with van der Waals surface area (Å²) in [5.74, 6) is -0.849. The SMILES string of the molecule is NCCNCC(=O)O.O=CC(O)C(O)C(O)CO. The van der Waals surface area contributed by atoms with Crippen molar-refractivity contribution in [2.75, 3.05) is 26.2 Å². The summed E-state index contributed by atoms with van der Waals surface area (Å²) >= 11 is 0. The van der Waals surface area contributed by atoms with Crippen molar-refractivity contribution in [1.82, 2.24) is 5.32 Å². The van der Waals surface area contributed by atoms with E-state index in [0.717, 1.165) is 0 Å². The van der Waals surface area contributed by atoms with E-state index in [-0.39, 0.29) is 12.8 Å². The molecule has 0 fully saturated rings. The lowest BCUT2D eigenvalue weighted by molar-refractivity contribution is -0.136. The van der Waals surface area contributed by atoms with Gasteiger partial charge in [0, 0.05) is 13.1 Å². The molecule has 18 heavy (non-hydrogen) atoms. The number of rotatable bonds is 8.